The Labute approximate surface area is 167 Å². The molecule has 0 aromatic carbocycles. The highest BCUT2D eigenvalue weighted by atomic mass is 16.1. The molecule has 1 aliphatic heterocycles. The van der Waals surface area contributed by atoms with Crippen LogP contribution in [-0.2, 0) is 6.54 Å². The summed E-state index contributed by atoms with van der Waals surface area (Å²) in [4.78, 5) is 26.8. The third kappa shape index (κ3) is 3.39. The topological polar surface area (TPSA) is 97.5 Å². The molecule has 0 unspecified atom stereocenters. The molecule has 0 saturated carbocycles. The van der Waals surface area contributed by atoms with E-state index < -0.39 is 0 Å². The van der Waals surface area contributed by atoms with Crippen LogP contribution >= 0.6 is 0 Å². The van der Waals surface area contributed by atoms with Gasteiger partial charge in [0.25, 0.3) is 5.56 Å². The molecule has 1 fully saturated rings. The lowest BCUT2D eigenvalue weighted by Crippen LogP contribution is -2.37. The second kappa shape index (κ2) is 7.16. The zero-order valence-electron chi connectivity index (χ0n) is 16.2. The molecule has 148 valence electrons. The van der Waals surface area contributed by atoms with E-state index in [1.54, 1.807) is 34.0 Å². The smallest absolute Gasteiger partial charge is 0.266 e. The summed E-state index contributed by atoms with van der Waals surface area (Å²) in [6, 6.07) is 7.14. The molecular formula is C20H22N8O. The van der Waals surface area contributed by atoms with Crippen molar-refractivity contribution in [2.24, 2.45) is 5.92 Å². The fourth-order valence-corrected chi connectivity index (χ4v) is 3.96. The third-order valence-corrected chi connectivity index (χ3v) is 5.47. The predicted molar refractivity (Wildman–Crippen MR) is 109 cm³/mol. The molecule has 0 atom stereocenters. The van der Waals surface area contributed by atoms with E-state index in [1.165, 1.54) is 0 Å². The van der Waals surface area contributed by atoms with E-state index in [-0.39, 0.29) is 5.56 Å². The Morgan fingerprint density at radius 1 is 1.21 bits per heavy atom. The summed E-state index contributed by atoms with van der Waals surface area (Å²) in [6.07, 6.45) is 7.10. The van der Waals surface area contributed by atoms with Crippen LogP contribution < -0.4 is 10.5 Å². The molecular weight excluding hydrogens is 368 g/mol. The van der Waals surface area contributed by atoms with Crippen LogP contribution in [0.2, 0.25) is 0 Å². The average molecular weight is 390 g/mol. The summed E-state index contributed by atoms with van der Waals surface area (Å²) in [5.74, 6) is 2.00. The Hall–Kier alpha value is -3.49. The highest BCUT2D eigenvalue weighted by molar-refractivity contribution is 5.86. The highest BCUT2D eigenvalue weighted by Crippen LogP contribution is 2.27. The van der Waals surface area contributed by atoms with Crippen LogP contribution in [0.25, 0.3) is 16.9 Å². The van der Waals surface area contributed by atoms with Gasteiger partial charge in [0, 0.05) is 43.8 Å². The summed E-state index contributed by atoms with van der Waals surface area (Å²) in [7, 11) is 0. The Balaban J connectivity index is 1.30. The van der Waals surface area contributed by atoms with Crippen molar-refractivity contribution in [2.75, 3.05) is 18.0 Å². The molecule has 1 N–H and O–H groups in total. The minimum Gasteiger partial charge on any atom is -0.355 e. The number of fused-ring (bicyclic) bond motifs is 1. The lowest BCUT2D eigenvalue weighted by Gasteiger charge is -2.32. The third-order valence-electron chi connectivity index (χ3n) is 5.47. The molecule has 5 heterocycles. The van der Waals surface area contributed by atoms with Crippen LogP contribution in [-0.4, -0.2) is 47.6 Å². The van der Waals surface area contributed by atoms with E-state index in [1.807, 2.05) is 25.3 Å². The largest absolute Gasteiger partial charge is 0.355 e. The Kier molecular flexibility index (Phi) is 4.34. The molecule has 0 aliphatic carbocycles. The van der Waals surface area contributed by atoms with Gasteiger partial charge in [-0.2, -0.15) is 5.10 Å². The standard InChI is InChI=1S/C20H22N8O/c1-14-11-16-19(24-14)20(22-13-21-16)26-9-5-15(6-10-26)12-28-18(29)4-3-17(25-28)27-8-2-7-23-27/h2-4,7-8,11,13,15,24H,5-6,9-10,12H2,1H3. The molecule has 4 aromatic heterocycles. The van der Waals surface area contributed by atoms with Gasteiger partial charge >= 0.3 is 0 Å². The first-order valence-electron chi connectivity index (χ1n) is 9.81. The fourth-order valence-electron chi connectivity index (χ4n) is 3.96. The number of aryl methyl sites for hydroxylation is 1. The molecule has 9 nitrogen and oxygen atoms in total. The van der Waals surface area contributed by atoms with Crippen molar-refractivity contribution < 1.29 is 0 Å². The van der Waals surface area contributed by atoms with Gasteiger partial charge in [0.05, 0.1) is 5.52 Å². The van der Waals surface area contributed by atoms with Crippen molar-refractivity contribution in [2.45, 2.75) is 26.3 Å². The van der Waals surface area contributed by atoms with Crippen LogP contribution in [0.4, 0.5) is 5.82 Å². The van der Waals surface area contributed by atoms with Crippen LogP contribution in [0.5, 0.6) is 0 Å². The summed E-state index contributed by atoms with van der Waals surface area (Å²) in [5.41, 5.74) is 2.94. The van der Waals surface area contributed by atoms with Gasteiger partial charge in [-0.1, -0.05) is 0 Å². The van der Waals surface area contributed by atoms with Crippen molar-refractivity contribution in [3.63, 3.8) is 0 Å². The number of anilines is 1. The molecule has 1 saturated heterocycles. The molecule has 0 radical (unpaired) electrons. The first kappa shape index (κ1) is 17.6. The zero-order valence-corrected chi connectivity index (χ0v) is 16.2. The van der Waals surface area contributed by atoms with Crippen molar-refractivity contribution >= 4 is 16.9 Å². The van der Waals surface area contributed by atoms with Crippen molar-refractivity contribution in [3.8, 4) is 5.82 Å². The number of aromatic amines is 1. The summed E-state index contributed by atoms with van der Waals surface area (Å²) in [5, 5.41) is 8.69. The second-order valence-electron chi connectivity index (χ2n) is 7.50. The summed E-state index contributed by atoms with van der Waals surface area (Å²) >= 11 is 0. The van der Waals surface area contributed by atoms with Crippen molar-refractivity contribution in [1.82, 2.24) is 34.5 Å². The predicted octanol–water partition coefficient (Wildman–Crippen LogP) is 1.93. The maximum Gasteiger partial charge on any atom is 0.266 e. The molecule has 4 aromatic rings. The van der Waals surface area contributed by atoms with Crippen molar-refractivity contribution in [3.05, 3.63) is 59.0 Å². The number of aromatic nitrogens is 7. The number of rotatable bonds is 4. The molecule has 0 bridgehead atoms. The van der Waals surface area contributed by atoms with Gasteiger partial charge in [-0.15, -0.1) is 5.10 Å². The molecule has 0 spiro atoms. The second-order valence-corrected chi connectivity index (χ2v) is 7.50. The average Bonchev–Trinajstić information content (AvgIpc) is 3.39. The van der Waals surface area contributed by atoms with Crippen LogP contribution in [0.1, 0.15) is 18.5 Å². The first-order valence-corrected chi connectivity index (χ1v) is 9.81. The molecule has 0 amide bonds. The number of nitrogens with one attached hydrogen (secondary N) is 1. The normalized spacial score (nSPS) is 15.3. The number of hydrogen-bond acceptors (Lipinski definition) is 6. The van der Waals surface area contributed by atoms with Crippen LogP contribution in [0.3, 0.4) is 0 Å². The SMILES string of the molecule is Cc1cc2ncnc(N3CCC(Cn4nc(-n5cccn5)ccc4=O)CC3)c2[nH]1. The lowest BCUT2D eigenvalue weighted by atomic mass is 9.97. The maximum absolute atomic E-state index is 12.3. The quantitative estimate of drug-likeness (QED) is 0.572. The molecule has 5 rings (SSSR count). The van der Waals surface area contributed by atoms with Crippen molar-refractivity contribution in [1.29, 1.82) is 0 Å². The van der Waals surface area contributed by atoms with Gasteiger partial charge in [0.15, 0.2) is 11.6 Å². The van der Waals surface area contributed by atoms with E-state index in [2.05, 4.69) is 30.0 Å². The Morgan fingerprint density at radius 2 is 2.07 bits per heavy atom. The van der Waals surface area contributed by atoms with Gasteiger partial charge in [-0.3, -0.25) is 4.79 Å². The number of H-pyrrole nitrogens is 1. The van der Waals surface area contributed by atoms with Gasteiger partial charge < -0.3 is 9.88 Å². The van der Waals surface area contributed by atoms with E-state index in [4.69, 9.17) is 0 Å². The first-order chi connectivity index (χ1) is 14.2. The van der Waals surface area contributed by atoms with E-state index >= 15 is 0 Å². The van der Waals surface area contributed by atoms with E-state index in [9.17, 15) is 4.79 Å². The Bertz CT molecular complexity index is 1180. The Morgan fingerprint density at radius 3 is 2.86 bits per heavy atom. The van der Waals surface area contributed by atoms with Gasteiger partial charge in [-0.05, 0) is 43.9 Å². The minimum atomic E-state index is -0.0808. The zero-order chi connectivity index (χ0) is 19.8. The fraction of sp³-hybridized carbons (Fsp3) is 0.350. The lowest BCUT2D eigenvalue weighted by molar-refractivity contribution is 0.334. The minimum absolute atomic E-state index is 0.0808. The summed E-state index contributed by atoms with van der Waals surface area (Å²) in [6.45, 7) is 4.42. The van der Waals surface area contributed by atoms with E-state index in [0.717, 1.165) is 48.5 Å². The maximum atomic E-state index is 12.3. The van der Waals surface area contributed by atoms with Gasteiger partial charge in [-0.25, -0.2) is 19.3 Å². The number of nitrogens with zero attached hydrogens (tertiary/aromatic N) is 7. The molecule has 1 aliphatic rings. The van der Waals surface area contributed by atoms with E-state index in [0.29, 0.717) is 18.3 Å². The van der Waals surface area contributed by atoms with Gasteiger partial charge in [0.2, 0.25) is 0 Å². The molecule has 9 heteroatoms. The number of piperidine rings is 1. The highest BCUT2D eigenvalue weighted by Gasteiger charge is 2.23. The number of hydrogen-bond donors (Lipinski definition) is 1. The van der Waals surface area contributed by atoms with Crippen LogP contribution in [0, 0.1) is 12.8 Å². The van der Waals surface area contributed by atoms with Gasteiger partial charge in [0.1, 0.15) is 11.8 Å². The molecule has 29 heavy (non-hydrogen) atoms. The monoisotopic (exact) mass is 390 g/mol. The summed E-state index contributed by atoms with van der Waals surface area (Å²) < 4.78 is 3.23. The van der Waals surface area contributed by atoms with Crippen LogP contribution in [0.15, 0.2) is 47.8 Å².